The van der Waals surface area contributed by atoms with E-state index in [1.54, 1.807) is 14.2 Å². The van der Waals surface area contributed by atoms with Gasteiger partial charge in [0.2, 0.25) is 0 Å². The Hall–Kier alpha value is -2.74. The van der Waals surface area contributed by atoms with Gasteiger partial charge in [-0.2, -0.15) is 5.26 Å². The first kappa shape index (κ1) is 16.1. The lowest BCUT2D eigenvalue weighted by Gasteiger charge is -2.33. The minimum Gasteiger partial charge on any atom is -0.497 e. The molecule has 0 fully saturated rings. The number of allylic oxidation sites excluding steroid dienone is 4. The van der Waals surface area contributed by atoms with Crippen molar-refractivity contribution in [2.45, 2.75) is 32.1 Å². The molecule has 0 amide bonds. The Morgan fingerprint density at radius 1 is 1.25 bits per heavy atom. The zero-order valence-corrected chi connectivity index (χ0v) is 14.1. The number of nitriles is 1. The number of benzene rings is 1. The average Bonchev–Trinajstić information content (AvgIpc) is 2.60. The van der Waals surface area contributed by atoms with Gasteiger partial charge in [0.25, 0.3) is 0 Å². The van der Waals surface area contributed by atoms with E-state index in [-0.39, 0.29) is 5.78 Å². The van der Waals surface area contributed by atoms with Crippen molar-refractivity contribution >= 4 is 5.78 Å². The molecule has 1 aliphatic carbocycles. The zero-order valence-electron chi connectivity index (χ0n) is 14.1. The highest BCUT2D eigenvalue weighted by Crippen LogP contribution is 2.45. The molecule has 0 aromatic heterocycles. The summed E-state index contributed by atoms with van der Waals surface area (Å²) in [6.07, 6.45) is 2.17. The summed E-state index contributed by atoms with van der Waals surface area (Å²) in [5.41, 5.74) is 3.75. The van der Waals surface area contributed by atoms with E-state index in [4.69, 9.17) is 9.47 Å². The third-order valence-corrected chi connectivity index (χ3v) is 4.64. The fraction of sp³-hybridized carbons (Fsp3) is 0.368. The van der Waals surface area contributed by atoms with Crippen LogP contribution >= 0.6 is 0 Å². The molecule has 124 valence electrons. The van der Waals surface area contributed by atoms with Crippen molar-refractivity contribution in [3.8, 4) is 17.6 Å². The number of nitrogens with zero attached hydrogens (tertiary/aromatic N) is 1. The van der Waals surface area contributed by atoms with Gasteiger partial charge in [-0.25, -0.2) is 0 Å². The predicted molar refractivity (Wildman–Crippen MR) is 89.6 cm³/mol. The second-order valence-electron chi connectivity index (χ2n) is 5.99. The molecule has 1 N–H and O–H groups in total. The molecule has 0 radical (unpaired) electrons. The quantitative estimate of drug-likeness (QED) is 0.924. The lowest BCUT2D eigenvalue weighted by Crippen LogP contribution is -2.31. The maximum atomic E-state index is 12.6. The van der Waals surface area contributed by atoms with Gasteiger partial charge in [-0.1, -0.05) is 0 Å². The third-order valence-electron chi connectivity index (χ3n) is 4.64. The molecule has 5 heteroatoms. The summed E-state index contributed by atoms with van der Waals surface area (Å²) in [7, 11) is 3.18. The van der Waals surface area contributed by atoms with Crippen LogP contribution in [0, 0.1) is 11.3 Å². The Balaban J connectivity index is 2.25. The van der Waals surface area contributed by atoms with Gasteiger partial charge in [0.1, 0.15) is 11.5 Å². The number of carbonyl (C=O) groups excluding carboxylic acids is 1. The summed E-state index contributed by atoms with van der Waals surface area (Å²) in [5, 5.41) is 13.0. The van der Waals surface area contributed by atoms with E-state index in [2.05, 4.69) is 11.4 Å². The van der Waals surface area contributed by atoms with Crippen LogP contribution in [0.3, 0.4) is 0 Å². The van der Waals surface area contributed by atoms with E-state index in [0.717, 1.165) is 29.8 Å². The van der Waals surface area contributed by atoms with Crippen molar-refractivity contribution < 1.29 is 14.3 Å². The summed E-state index contributed by atoms with van der Waals surface area (Å²) >= 11 is 0. The van der Waals surface area contributed by atoms with E-state index in [9.17, 15) is 10.1 Å². The number of carbonyl (C=O) groups is 1. The van der Waals surface area contributed by atoms with E-state index in [1.165, 1.54) is 0 Å². The molecule has 1 atom stereocenters. The summed E-state index contributed by atoms with van der Waals surface area (Å²) in [6.45, 7) is 1.88. The Morgan fingerprint density at radius 3 is 2.71 bits per heavy atom. The van der Waals surface area contributed by atoms with E-state index >= 15 is 0 Å². The molecule has 0 saturated carbocycles. The number of hydrogen-bond acceptors (Lipinski definition) is 5. The topological polar surface area (TPSA) is 71.3 Å². The van der Waals surface area contributed by atoms with Crippen LogP contribution in [0.2, 0.25) is 0 Å². The van der Waals surface area contributed by atoms with Crippen molar-refractivity contribution in [2.24, 2.45) is 0 Å². The van der Waals surface area contributed by atoms with Gasteiger partial charge >= 0.3 is 0 Å². The highest BCUT2D eigenvalue weighted by atomic mass is 16.5. The summed E-state index contributed by atoms with van der Waals surface area (Å²) in [5.74, 6) is 1.00. The number of methoxy groups -OCH3 is 2. The molecule has 0 spiro atoms. The number of ether oxygens (including phenoxy) is 2. The third kappa shape index (κ3) is 2.54. The molecular weight excluding hydrogens is 304 g/mol. The number of Topliss-reactive ketones (excluding diaryl/α,β-unsaturated/α-hetero) is 1. The molecule has 1 aromatic rings. The fourth-order valence-electron chi connectivity index (χ4n) is 3.51. The van der Waals surface area contributed by atoms with Crippen LogP contribution in [0.25, 0.3) is 0 Å². The van der Waals surface area contributed by atoms with E-state index in [1.807, 2.05) is 25.1 Å². The lowest BCUT2D eigenvalue weighted by atomic mass is 9.75. The standard InChI is InChI=1S/C19H20N2O3/c1-11-14(10-20)18(19-15(21-11)5-4-6-16(19)22)13-9-12(23-2)7-8-17(13)24-3/h7-9,18,21H,4-6H2,1-3H3. The number of rotatable bonds is 3. The summed E-state index contributed by atoms with van der Waals surface area (Å²) < 4.78 is 10.8. The minimum absolute atomic E-state index is 0.0962. The Morgan fingerprint density at radius 2 is 2.04 bits per heavy atom. The largest absolute Gasteiger partial charge is 0.497 e. The van der Waals surface area contributed by atoms with Gasteiger partial charge in [-0.3, -0.25) is 4.79 Å². The first-order valence-corrected chi connectivity index (χ1v) is 7.96. The van der Waals surface area contributed by atoms with Gasteiger partial charge in [-0.05, 0) is 38.0 Å². The summed E-state index contributed by atoms with van der Waals surface area (Å²) in [6, 6.07) is 7.76. The van der Waals surface area contributed by atoms with Crippen LogP contribution in [0.5, 0.6) is 11.5 Å². The maximum Gasteiger partial charge on any atom is 0.161 e. The van der Waals surface area contributed by atoms with E-state index < -0.39 is 5.92 Å². The second kappa shape index (κ2) is 6.40. The zero-order chi connectivity index (χ0) is 17.3. The van der Waals surface area contributed by atoms with Gasteiger partial charge < -0.3 is 14.8 Å². The molecule has 2 aliphatic rings. The van der Waals surface area contributed by atoms with Crippen molar-refractivity contribution in [2.75, 3.05) is 14.2 Å². The van der Waals surface area contributed by atoms with Crippen molar-refractivity contribution in [1.82, 2.24) is 5.32 Å². The number of hydrogen-bond donors (Lipinski definition) is 1. The SMILES string of the molecule is COc1ccc(OC)c(C2C(C#N)=C(C)NC3=C2C(=O)CCC3)c1. The van der Waals surface area contributed by atoms with Gasteiger partial charge in [0.05, 0.1) is 31.8 Å². The molecule has 1 aromatic carbocycles. The van der Waals surface area contributed by atoms with Gasteiger partial charge in [0, 0.05) is 29.0 Å². The number of dihydropyridines is 1. The lowest BCUT2D eigenvalue weighted by molar-refractivity contribution is -0.116. The van der Waals surface area contributed by atoms with Crippen molar-refractivity contribution in [1.29, 1.82) is 5.26 Å². The number of ketones is 1. The molecule has 1 unspecified atom stereocenters. The minimum atomic E-state index is -0.413. The average molecular weight is 324 g/mol. The monoisotopic (exact) mass is 324 g/mol. The van der Waals surface area contributed by atoms with Crippen LogP contribution < -0.4 is 14.8 Å². The van der Waals surface area contributed by atoms with Crippen LogP contribution in [0.15, 0.2) is 40.7 Å². The van der Waals surface area contributed by atoms with Crippen LogP contribution in [-0.2, 0) is 4.79 Å². The van der Waals surface area contributed by atoms with Crippen LogP contribution in [0.1, 0.15) is 37.7 Å². The fourth-order valence-corrected chi connectivity index (χ4v) is 3.51. The molecule has 1 aliphatic heterocycles. The highest BCUT2D eigenvalue weighted by molar-refractivity contribution is 6.00. The molecule has 1 heterocycles. The highest BCUT2D eigenvalue weighted by Gasteiger charge is 2.37. The molecule has 0 saturated heterocycles. The van der Waals surface area contributed by atoms with Crippen LogP contribution in [-0.4, -0.2) is 20.0 Å². The Bertz CT molecular complexity index is 799. The normalized spacial score (nSPS) is 20.2. The Kier molecular flexibility index (Phi) is 4.30. The molecular formula is C19H20N2O3. The maximum absolute atomic E-state index is 12.6. The summed E-state index contributed by atoms with van der Waals surface area (Å²) in [4.78, 5) is 12.6. The number of nitrogens with one attached hydrogen (secondary N) is 1. The van der Waals surface area contributed by atoms with Crippen molar-refractivity contribution in [3.63, 3.8) is 0 Å². The van der Waals surface area contributed by atoms with Crippen LogP contribution in [0.4, 0.5) is 0 Å². The van der Waals surface area contributed by atoms with Crippen molar-refractivity contribution in [3.05, 3.63) is 46.3 Å². The predicted octanol–water partition coefficient (Wildman–Crippen LogP) is 3.20. The van der Waals surface area contributed by atoms with E-state index in [0.29, 0.717) is 29.1 Å². The smallest absolute Gasteiger partial charge is 0.161 e. The second-order valence-corrected chi connectivity index (χ2v) is 5.99. The van der Waals surface area contributed by atoms with Gasteiger partial charge in [-0.15, -0.1) is 0 Å². The molecule has 3 rings (SSSR count). The molecule has 24 heavy (non-hydrogen) atoms. The first-order valence-electron chi connectivity index (χ1n) is 7.96. The Labute approximate surface area is 141 Å². The molecule has 5 nitrogen and oxygen atoms in total. The first-order chi connectivity index (χ1) is 11.6. The molecule has 0 bridgehead atoms. The van der Waals surface area contributed by atoms with Gasteiger partial charge in [0.15, 0.2) is 5.78 Å².